The maximum absolute atomic E-state index is 12.7. The van der Waals surface area contributed by atoms with Crippen molar-refractivity contribution < 1.29 is 38.0 Å². The molecule has 0 unspecified atom stereocenters. The zero-order valence-corrected chi connectivity index (χ0v) is 24.2. The van der Waals surface area contributed by atoms with Crippen molar-refractivity contribution >= 4 is 45.3 Å². The van der Waals surface area contributed by atoms with Gasteiger partial charge in [-0.1, -0.05) is 72.4 Å². The van der Waals surface area contributed by atoms with Crippen molar-refractivity contribution in [3.05, 3.63) is 106 Å². The molecule has 212 valence electrons. The summed E-state index contributed by atoms with van der Waals surface area (Å²) < 4.78 is 32.3. The first kappa shape index (κ1) is 29.2. The van der Waals surface area contributed by atoms with Crippen LogP contribution in [0.1, 0.15) is 11.1 Å². The van der Waals surface area contributed by atoms with Gasteiger partial charge >= 0.3 is 11.9 Å². The number of ether oxygens (including phenoxy) is 6. The predicted octanol–water partition coefficient (Wildman–Crippen LogP) is 4.72. The Hall–Kier alpha value is -4.77. The second-order valence-electron chi connectivity index (χ2n) is 8.23. The number of rotatable bonds is 8. The van der Waals surface area contributed by atoms with Crippen molar-refractivity contribution in [3.63, 3.8) is 0 Å². The Labute approximate surface area is 241 Å². The Morgan fingerprint density at radius 3 is 1.22 bits per heavy atom. The fourth-order valence-corrected chi connectivity index (χ4v) is 5.36. The Morgan fingerprint density at radius 1 is 0.561 bits per heavy atom. The third kappa shape index (κ3) is 5.62. The fourth-order valence-electron chi connectivity index (χ4n) is 4.18. The van der Waals surface area contributed by atoms with Crippen LogP contribution in [0.4, 0.5) is 0 Å². The van der Waals surface area contributed by atoms with Crippen molar-refractivity contribution in [1.29, 1.82) is 0 Å². The number of thioether (sulfide) groups is 1. The van der Waals surface area contributed by atoms with Crippen LogP contribution >= 0.6 is 11.8 Å². The first-order valence-corrected chi connectivity index (χ1v) is 13.0. The van der Waals surface area contributed by atoms with Gasteiger partial charge < -0.3 is 28.4 Å². The van der Waals surface area contributed by atoms with Crippen molar-refractivity contribution in [2.45, 2.75) is 0 Å². The summed E-state index contributed by atoms with van der Waals surface area (Å²) in [4.78, 5) is 36.0. The van der Waals surface area contributed by atoms with Gasteiger partial charge in [0.2, 0.25) is 11.8 Å². The third-order valence-electron chi connectivity index (χ3n) is 6.02. The van der Waals surface area contributed by atoms with E-state index in [0.29, 0.717) is 21.2 Å². The molecule has 0 bridgehead atoms. The Balaban J connectivity index is 2.08. The summed E-state index contributed by atoms with van der Waals surface area (Å²) in [6.07, 6.45) is 0. The molecule has 0 N–H and O–H groups in total. The molecule has 0 aliphatic carbocycles. The molecule has 10 nitrogen and oxygen atoms in total. The molecule has 0 radical (unpaired) electrons. The van der Waals surface area contributed by atoms with E-state index in [9.17, 15) is 9.59 Å². The second-order valence-corrected chi connectivity index (χ2v) is 9.25. The Morgan fingerprint density at radius 2 is 0.927 bits per heavy atom. The molecule has 2 heterocycles. The smallest absolute Gasteiger partial charge is 0.347 e. The molecule has 0 amide bonds. The van der Waals surface area contributed by atoms with Crippen LogP contribution in [0.5, 0.6) is 0 Å². The molecule has 41 heavy (non-hydrogen) atoms. The van der Waals surface area contributed by atoms with Crippen molar-refractivity contribution in [2.24, 2.45) is 9.98 Å². The van der Waals surface area contributed by atoms with E-state index >= 15 is 0 Å². The average Bonchev–Trinajstić information content (AvgIpc) is 3.59. The Bertz CT molecular complexity index is 1420. The van der Waals surface area contributed by atoms with Crippen LogP contribution in [0, 0.1) is 0 Å². The normalized spacial score (nSPS) is 17.0. The first-order chi connectivity index (χ1) is 19.9. The van der Waals surface area contributed by atoms with Crippen molar-refractivity contribution in [1.82, 2.24) is 0 Å². The quantitative estimate of drug-likeness (QED) is 0.412. The van der Waals surface area contributed by atoms with Gasteiger partial charge in [-0.15, -0.1) is 0 Å². The summed E-state index contributed by atoms with van der Waals surface area (Å²) in [7, 11) is 8.24. The molecule has 0 saturated heterocycles. The molecular formula is C30H28N2O8S. The maximum Gasteiger partial charge on any atom is 0.347 e. The zero-order chi connectivity index (χ0) is 29.5. The molecule has 0 spiro atoms. The lowest BCUT2D eigenvalue weighted by atomic mass is 10.1. The van der Waals surface area contributed by atoms with Crippen molar-refractivity contribution in [3.8, 4) is 0 Å². The minimum atomic E-state index is -0.658. The average molecular weight is 577 g/mol. The number of esters is 2. The SMILES string of the molecule is COC(=O)C1=C(OC)/C(=C(/S/C(=C2\N=C(OC)C(C(=O)OC)=C2OC)c2ccccc2)c2ccccc2)N=C1OC. The number of aliphatic imine (C=N–C) groups is 2. The van der Waals surface area contributed by atoms with E-state index < -0.39 is 11.9 Å². The van der Waals surface area contributed by atoms with Gasteiger partial charge in [-0.2, -0.15) is 0 Å². The lowest BCUT2D eigenvalue weighted by Gasteiger charge is -2.17. The van der Waals surface area contributed by atoms with Crippen LogP contribution in [0.3, 0.4) is 0 Å². The van der Waals surface area contributed by atoms with Gasteiger partial charge in [0.15, 0.2) is 22.7 Å². The molecule has 2 aromatic carbocycles. The lowest BCUT2D eigenvalue weighted by molar-refractivity contribution is -0.136. The van der Waals surface area contributed by atoms with E-state index in [-0.39, 0.29) is 34.5 Å². The highest BCUT2D eigenvalue weighted by molar-refractivity contribution is 8.16. The number of hydrogen-bond acceptors (Lipinski definition) is 11. The van der Waals surface area contributed by atoms with Crippen LogP contribution in [-0.2, 0) is 38.0 Å². The van der Waals surface area contributed by atoms with Gasteiger partial charge in [-0.05, 0) is 11.1 Å². The number of methoxy groups -OCH3 is 6. The number of nitrogens with zero attached hydrogens (tertiary/aromatic N) is 2. The number of benzene rings is 2. The van der Waals surface area contributed by atoms with E-state index in [1.54, 1.807) is 0 Å². The molecular weight excluding hydrogens is 548 g/mol. The summed E-state index contributed by atoms with van der Waals surface area (Å²) in [5.74, 6) is -0.844. The van der Waals surface area contributed by atoms with Crippen molar-refractivity contribution in [2.75, 3.05) is 42.7 Å². The molecule has 11 heteroatoms. The number of carbonyl (C=O) groups is 2. The third-order valence-corrected chi connectivity index (χ3v) is 7.29. The standard InChI is InChI=1S/C30H28N2O8S/c1-35-23-19(29(33)39-5)27(37-3)31-21(23)25(17-13-9-7-10-14-17)41-26(18-15-11-8-12-16-18)22-24(36-2)20(30(34)40-6)28(32-22)38-4/h7-16H,1-6H3/b25-21-,26-22-. The van der Waals surface area contributed by atoms with Gasteiger partial charge in [0.1, 0.15) is 11.4 Å². The van der Waals surface area contributed by atoms with Crippen LogP contribution in [-0.4, -0.2) is 66.4 Å². The largest absolute Gasteiger partial charge is 0.493 e. The summed E-state index contributed by atoms with van der Waals surface area (Å²) in [5, 5.41) is 0. The van der Waals surface area contributed by atoms with E-state index in [0.717, 1.165) is 11.1 Å². The zero-order valence-electron chi connectivity index (χ0n) is 23.3. The highest BCUT2D eigenvalue weighted by atomic mass is 32.2. The first-order valence-electron chi connectivity index (χ1n) is 12.2. The van der Waals surface area contributed by atoms with Gasteiger partial charge in [-0.3, -0.25) is 0 Å². The van der Waals surface area contributed by atoms with Gasteiger partial charge in [-0.25, -0.2) is 19.6 Å². The summed E-state index contributed by atoms with van der Waals surface area (Å²) in [5.41, 5.74) is 2.35. The van der Waals surface area contributed by atoms with Gasteiger partial charge in [0, 0.05) is 9.81 Å². The predicted molar refractivity (Wildman–Crippen MR) is 155 cm³/mol. The second kappa shape index (κ2) is 13.1. The number of hydrogen-bond donors (Lipinski definition) is 0. The van der Waals surface area contributed by atoms with Gasteiger partial charge in [0.25, 0.3) is 0 Å². The fraction of sp³-hybridized carbons (Fsp3) is 0.200. The summed E-state index contributed by atoms with van der Waals surface area (Å²) >= 11 is 1.30. The lowest BCUT2D eigenvalue weighted by Crippen LogP contribution is -2.15. The molecule has 0 atom stereocenters. The summed E-state index contributed by atoms with van der Waals surface area (Å²) in [6, 6.07) is 18.9. The van der Waals surface area contributed by atoms with Gasteiger partial charge in [0.05, 0.1) is 42.7 Å². The van der Waals surface area contributed by atoms with Crippen LogP contribution in [0.15, 0.2) is 105 Å². The molecule has 0 saturated carbocycles. The highest BCUT2D eigenvalue weighted by Crippen LogP contribution is 2.48. The van der Waals surface area contributed by atoms with E-state index in [1.807, 2.05) is 60.7 Å². The maximum atomic E-state index is 12.7. The topological polar surface area (TPSA) is 114 Å². The minimum Gasteiger partial charge on any atom is -0.493 e. The van der Waals surface area contributed by atoms with E-state index in [1.165, 1.54) is 54.4 Å². The molecule has 0 aromatic heterocycles. The molecule has 2 aliphatic rings. The molecule has 2 aromatic rings. The van der Waals surface area contributed by atoms with Crippen LogP contribution in [0.25, 0.3) is 9.81 Å². The van der Waals surface area contributed by atoms with E-state index in [2.05, 4.69) is 9.98 Å². The summed E-state index contributed by atoms with van der Waals surface area (Å²) in [6.45, 7) is 0. The number of carbonyl (C=O) groups excluding carboxylic acids is 2. The monoisotopic (exact) mass is 576 g/mol. The highest BCUT2D eigenvalue weighted by Gasteiger charge is 2.37. The van der Waals surface area contributed by atoms with Crippen LogP contribution < -0.4 is 0 Å². The van der Waals surface area contributed by atoms with E-state index in [4.69, 9.17) is 28.4 Å². The van der Waals surface area contributed by atoms with Crippen LogP contribution in [0.2, 0.25) is 0 Å². The Kier molecular flexibility index (Phi) is 9.30. The molecule has 2 aliphatic heterocycles. The molecule has 4 rings (SSSR count). The minimum absolute atomic E-state index is 0.0534. The molecule has 0 fully saturated rings.